The van der Waals surface area contributed by atoms with E-state index in [0.29, 0.717) is 6.42 Å². The molecule has 110 valence electrons. The van der Waals surface area contributed by atoms with E-state index in [2.05, 4.69) is 0 Å². The molecule has 0 radical (unpaired) electrons. The lowest BCUT2D eigenvalue weighted by molar-refractivity contribution is -0.131. The summed E-state index contributed by atoms with van der Waals surface area (Å²) in [6.45, 7) is 1.95. The summed E-state index contributed by atoms with van der Waals surface area (Å²) in [7, 11) is 1.76. The van der Waals surface area contributed by atoms with Crippen molar-refractivity contribution in [2.45, 2.75) is 19.4 Å². The summed E-state index contributed by atoms with van der Waals surface area (Å²) in [5, 5.41) is 18.5. The molecule has 4 nitrogen and oxygen atoms in total. The van der Waals surface area contributed by atoms with E-state index in [1.807, 2.05) is 19.1 Å². The van der Waals surface area contributed by atoms with Gasteiger partial charge in [0.2, 0.25) is 5.91 Å². The third-order valence-corrected chi connectivity index (χ3v) is 3.64. The highest BCUT2D eigenvalue weighted by molar-refractivity contribution is 5.79. The molecule has 0 fully saturated rings. The number of phenols is 2. The predicted molar refractivity (Wildman–Crippen MR) is 81.1 cm³/mol. The molecule has 21 heavy (non-hydrogen) atoms. The second kappa shape index (κ2) is 6.31. The lowest BCUT2D eigenvalue weighted by Crippen LogP contribution is -2.30. The standard InChI is InChI=1S/C17H19NO3/c1-12(14-5-9-16(20)10-6-14)18(2)17(21)11-13-3-7-15(19)8-4-13/h3-10,12,19-20H,11H2,1-2H3. The predicted octanol–water partition coefficient (Wildman–Crippen LogP) is 2.86. The summed E-state index contributed by atoms with van der Waals surface area (Å²) < 4.78 is 0. The van der Waals surface area contributed by atoms with Crippen molar-refractivity contribution in [1.82, 2.24) is 4.90 Å². The Morgan fingerprint density at radius 1 is 1.00 bits per heavy atom. The number of benzene rings is 2. The minimum absolute atomic E-state index is 0.00117. The number of phenolic OH excluding ortho intramolecular Hbond substituents is 2. The van der Waals surface area contributed by atoms with E-state index in [4.69, 9.17) is 0 Å². The van der Waals surface area contributed by atoms with Crippen molar-refractivity contribution in [1.29, 1.82) is 0 Å². The fourth-order valence-electron chi connectivity index (χ4n) is 2.11. The zero-order valence-corrected chi connectivity index (χ0v) is 12.2. The number of likely N-dealkylation sites (N-methyl/N-ethyl adjacent to an activating group) is 1. The molecule has 4 heteroatoms. The summed E-state index contributed by atoms with van der Waals surface area (Å²) in [6, 6.07) is 13.4. The lowest BCUT2D eigenvalue weighted by Gasteiger charge is -2.25. The number of hydrogen-bond acceptors (Lipinski definition) is 3. The van der Waals surface area contributed by atoms with Gasteiger partial charge >= 0.3 is 0 Å². The van der Waals surface area contributed by atoms with Crippen LogP contribution in [0.4, 0.5) is 0 Å². The van der Waals surface area contributed by atoms with Gasteiger partial charge in [-0.2, -0.15) is 0 Å². The first kappa shape index (κ1) is 14.9. The van der Waals surface area contributed by atoms with Crippen molar-refractivity contribution in [3.05, 3.63) is 59.7 Å². The maximum Gasteiger partial charge on any atom is 0.227 e. The van der Waals surface area contributed by atoms with Crippen LogP contribution in [-0.4, -0.2) is 28.1 Å². The molecule has 2 rings (SSSR count). The molecule has 0 aliphatic carbocycles. The minimum atomic E-state index is -0.0739. The van der Waals surface area contributed by atoms with Gasteiger partial charge in [-0.3, -0.25) is 4.79 Å². The van der Waals surface area contributed by atoms with Crippen LogP contribution in [-0.2, 0) is 11.2 Å². The third-order valence-electron chi connectivity index (χ3n) is 3.64. The number of rotatable bonds is 4. The van der Waals surface area contributed by atoms with Crippen LogP contribution in [0, 0.1) is 0 Å². The Labute approximate surface area is 124 Å². The Balaban J connectivity index is 2.04. The molecule has 0 saturated carbocycles. The van der Waals surface area contributed by atoms with Gasteiger partial charge in [-0.1, -0.05) is 24.3 Å². The van der Waals surface area contributed by atoms with Crippen LogP contribution < -0.4 is 0 Å². The van der Waals surface area contributed by atoms with Crippen molar-refractivity contribution in [3.8, 4) is 11.5 Å². The Hall–Kier alpha value is -2.49. The number of nitrogens with zero attached hydrogens (tertiary/aromatic N) is 1. The van der Waals surface area contributed by atoms with Crippen molar-refractivity contribution < 1.29 is 15.0 Å². The second-order valence-electron chi connectivity index (χ2n) is 5.12. The van der Waals surface area contributed by atoms with Gasteiger partial charge in [0.25, 0.3) is 0 Å². The summed E-state index contributed by atoms with van der Waals surface area (Å²) in [5.41, 5.74) is 1.83. The molecule has 0 saturated heterocycles. The molecule has 2 aromatic rings. The summed E-state index contributed by atoms with van der Waals surface area (Å²) >= 11 is 0. The molecule has 0 aliphatic rings. The third kappa shape index (κ3) is 3.75. The zero-order chi connectivity index (χ0) is 15.4. The van der Waals surface area contributed by atoms with Crippen molar-refractivity contribution in [2.75, 3.05) is 7.05 Å². The molecule has 0 heterocycles. The van der Waals surface area contributed by atoms with E-state index in [1.54, 1.807) is 48.3 Å². The van der Waals surface area contributed by atoms with Gasteiger partial charge in [0.15, 0.2) is 0 Å². The second-order valence-corrected chi connectivity index (χ2v) is 5.12. The number of amides is 1. The van der Waals surface area contributed by atoms with Crippen molar-refractivity contribution in [2.24, 2.45) is 0 Å². The lowest BCUT2D eigenvalue weighted by atomic mass is 10.1. The smallest absolute Gasteiger partial charge is 0.227 e. The van der Waals surface area contributed by atoms with Gasteiger partial charge in [-0.05, 0) is 42.3 Å². The molecule has 1 amide bonds. The van der Waals surface area contributed by atoms with E-state index in [-0.39, 0.29) is 23.4 Å². The summed E-state index contributed by atoms with van der Waals surface area (Å²) in [5.74, 6) is 0.405. The van der Waals surface area contributed by atoms with Crippen LogP contribution in [0.2, 0.25) is 0 Å². The molecular formula is C17H19NO3. The molecule has 0 aromatic heterocycles. The molecule has 0 bridgehead atoms. The van der Waals surface area contributed by atoms with E-state index < -0.39 is 0 Å². The molecule has 2 aromatic carbocycles. The van der Waals surface area contributed by atoms with Gasteiger partial charge < -0.3 is 15.1 Å². The largest absolute Gasteiger partial charge is 0.508 e. The number of hydrogen-bond donors (Lipinski definition) is 2. The number of carbonyl (C=O) groups is 1. The summed E-state index contributed by atoms with van der Waals surface area (Å²) in [4.78, 5) is 14.0. The fraction of sp³-hybridized carbons (Fsp3) is 0.235. The van der Waals surface area contributed by atoms with Crippen LogP contribution >= 0.6 is 0 Å². The van der Waals surface area contributed by atoms with Gasteiger partial charge in [0.1, 0.15) is 11.5 Å². The number of carbonyl (C=O) groups excluding carboxylic acids is 1. The zero-order valence-electron chi connectivity index (χ0n) is 12.2. The van der Waals surface area contributed by atoms with Gasteiger partial charge in [0, 0.05) is 7.05 Å². The van der Waals surface area contributed by atoms with E-state index >= 15 is 0 Å². The summed E-state index contributed by atoms with van der Waals surface area (Å²) in [6.07, 6.45) is 0.291. The van der Waals surface area contributed by atoms with Crippen LogP contribution in [0.1, 0.15) is 24.1 Å². The molecule has 2 N–H and O–H groups in total. The van der Waals surface area contributed by atoms with Gasteiger partial charge in [0.05, 0.1) is 12.5 Å². The highest BCUT2D eigenvalue weighted by Gasteiger charge is 2.17. The molecule has 1 unspecified atom stereocenters. The number of aromatic hydroxyl groups is 2. The topological polar surface area (TPSA) is 60.8 Å². The molecule has 0 spiro atoms. The van der Waals surface area contributed by atoms with Crippen molar-refractivity contribution in [3.63, 3.8) is 0 Å². The Morgan fingerprint density at radius 3 is 2.00 bits per heavy atom. The maximum atomic E-state index is 12.3. The minimum Gasteiger partial charge on any atom is -0.508 e. The van der Waals surface area contributed by atoms with E-state index in [9.17, 15) is 15.0 Å². The quantitative estimate of drug-likeness (QED) is 0.908. The van der Waals surface area contributed by atoms with Crippen LogP contribution in [0.5, 0.6) is 11.5 Å². The van der Waals surface area contributed by atoms with Crippen LogP contribution in [0.15, 0.2) is 48.5 Å². The van der Waals surface area contributed by atoms with E-state index in [0.717, 1.165) is 11.1 Å². The van der Waals surface area contributed by atoms with Crippen LogP contribution in [0.25, 0.3) is 0 Å². The van der Waals surface area contributed by atoms with Gasteiger partial charge in [-0.25, -0.2) is 0 Å². The Bertz CT molecular complexity index is 605. The highest BCUT2D eigenvalue weighted by Crippen LogP contribution is 2.22. The van der Waals surface area contributed by atoms with Crippen LogP contribution in [0.3, 0.4) is 0 Å². The fourth-order valence-corrected chi connectivity index (χ4v) is 2.11. The first-order chi connectivity index (χ1) is 9.97. The highest BCUT2D eigenvalue weighted by atomic mass is 16.3. The Kier molecular flexibility index (Phi) is 4.48. The maximum absolute atomic E-state index is 12.3. The van der Waals surface area contributed by atoms with Gasteiger partial charge in [-0.15, -0.1) is 0 Å². The first-order valence-electron chi connectivity index (χ1n) is 6.80. The SMILES string of the molecule is CC(c1ccc(O)cc1)N(C)C(=O)Cc1ccc(O)cc1. The molecule has 1 atom stereocenters. The molecular weight excluding hydrogens is 266 g/mol. The normalized spacial score (nSPS) is 11.9. The average Bonchev–Trinajstić information content (AvgIpc) is 2.49. The Morgan fingerprint density at radius 2 is 1.48 bits per heavy atom. The molecule has 0 aliphatic heterocycles. The van der Waals surface area contributed by atoms with E-state index in [1.165, 1.54) is 0 Å². The first-order valence-corrected chi connectivity index (χ1v) is 6.80. The monoisotopic (exact) mass is 285 g/mol. The van der Waals surface area contributed by atoms with Crippen molar-refractivity contribution >= 4 is 5.91 Å². The average molecular weight is 285 g/mol.